The van der Waals surface area contributed by atoms with Crippen LogP contribution >= 0.6 is 12.2 Å². The molecule has 1 unspecified atom stereocenters. The molecular weight excluding hydrogens is 400 g/mol. The molecule has 0 saturated heterocycles. The minimum Gasteiger partial charge on any atom is -0.504 e. The van der Waals surface area contributed by atoms with Gasteiger partial charge in [0.05, 0.1) is 19.6 Å². The molecule has 0 saturated carbocycles. The topological polar surface area (TPSA) is 85.0 Å². The van der Waals surface area contributed by atoms with Gasteiger partial charge in [0.2, 0.25) is 0 Å². The van der Waals surface area contributed by atoms with Gasteiger partial charge in [-0.1, -0.05) is 50.2 Å². The Morgan fingerprint density at radius 3 is 2.47 bits per heavy atom. The number of carbonyl (C=O) groups excluding carboxylic acids is 1. The van der Waals surface area contributed by atoms with E-state index in [1.165, 1.54) is 7.11 Å². The van der Waals surface area contributed by atoms with E-state index in [0.29, 0.717) is 18.8 Å². The molecule has 0 aliphatic heterocycles. The van der Waals surface area contributed by atoms with Gasteiger partial charge in [0.1, 0.15) is 0 Å². The van der Waals surface area contributed by atoms with Crippen LogP contribution < -0.4 is 10.5 Å². The zero-order valence-corrected chi connectivity index (χ0v) is 18.5. The lowest BCUT2D eigenvalue weighted by Gasteiger charge is -2.28. The van der Waals surface area contributed by atoms with Crippen LogP contribution in [0.1, 0.15) is 25.0 Å². The number of esters is 1. The second-order valence-corrected chi connectivity index (χ2v) is 7.98. The molecule has 7 heteroatoms. The Kier molecular flexibility index (Phi) is 8.92. The fourth-order valence-electron chi connectivity index (χ4n) is 3.08. The number of aromatic hydroxyl groups is 1. The van der Waals surface area contributed by atoms with Crippen molar-refractivity contribution in [2.75, 3.05) is 20.3 Å². The molecule has 0 amide bonds. The molecular formula is C23H30N2O4S. The van der Waals surface area contributed by atoms with Crippen LogP contribution in [0.5, 0.6) is 11.5 Å². The van der Waals surface area contributed by atoms with Crippen LogP contribution in [0.4, 0.5) is 0 Å². The first-order valence-corrected chi connectivity index (χ1v) is 10.3. The summed E-state index contributed by atoms with van der Waals surface area (Å²) in [4.78, 5) is 13.9. The maximum absolute atomic E-state index is 12.0. The Hall–Kier alpha value is -2.80. The molecule has 30 heavy (non-hydrogen) atoms. The number of benzene rings is 2. The van der Waals surface area contributed by atoms with Gasteiger partial charge in [-0.2, -0.15) is 0 Å². The maximum atomic E-state index is 12.0. The minimum atomic E-state index is -0.224. The highest BCUT2D eigenvalue weighted by molar-refractivity contribution is 7.80. The Morgan fingerprint density at radius 1 is 1.17 bits per heavy atom. The van der Waals surface area contributed by atoms with E-state index in [1.54, 1.807) is 18.2 Å². The van der Waals surface area contributed by atoms with Gasteiger partial charge in [0.25, 0.3) is 0 Å². The summed E-state index contributed by atoms with van der Waals surface area (Å²) in [7, 11) is 1.50. The van der Waals surface area contributed by atoms with Crippen molar-refractivity contribution in [1.29, 1.82) is 0 Å². The summed E-state index contributed by atoms with van der Waals surface area (Å²) in [6.07, 6.45) is 0.726. The van der Waals surface area contributed by atoms with Gasteiger partial charge in [-0.05, 0) is 41.9 Å². The van der Waals surface area contributed by atoms with Gasteiger partial charge in [-0.15, -0.1) is 0 Å². The third-order valence-electron chi connectivity index (χ3n) is 4.71. The number of methoxy groups -OCH3 is 1. The third kappa shape index (κ3) is 7.22. The van der Waals surface area contributed by atoms with Crippen molar-refractivity contribution in [1.82, 2.24) is 4.90 Å². The van der Waals surface area contributed by atoms with E-state index in [4.69, 9.17) is 27.4 Å². The number of rotatable bonds is 10. The minimum absolute atomic E-state index is 0.00982. The monoisotopic (exact) mass is 430 g/mol. The molecule has 0 aliphatic carbocycles. The molecule has 1 atom stereocenters. The van der Waals surface area contributed by atoms with Crippen molar-refractivity contribution in [2.24, 2.45) is 17.6 Å². The fraction of sp³-hybridized carbons (Fsp3) is 0.391. The number of phenolic OH excluding ortho intramolecular Hbond substituents is 1. The van der Waals surface area contributed by atoms with Gasteiger partial charge >= 0.3 is 5.97 Å². The Bertz CT molecular complexity index is 842. The second-order valence-electron chi connectivity index (χ2n) is 7.57. The summed E-state index contributed by atoms with van der Waals surface area (Å²) >= 11 is 5.28. The molecule has 162 valence electrons. The number of thiocarbonyl (C=S) groups is 1. The molecule has 0 spiro atoms. The molecule has 2 rings (SSSR count). The summed E-state index contributed by atoms with van der Waals surface area (Å²) < 4.78 is 10.7. The highest BCUT2D eigenvalue weighted by Gasteiger charge is 2.20. The van der Waals surface area contributed by atoms with Crippen molar-refractivity contribution >= 4 is 23.3 Å². The fourth-order valence-corrected chi connectivity index (χ4v) is 3.21. The molecule has 6 nitrogen and oxygen atoms in total. The third-order valence-corrected chi connectivity index (χ3v) is 4.97. The number of phenols is 1. The van der Waals surface area contributed by atoms with Crippen molar-refractivity contribution in [3.8, 4) is 11.5 Å². The first-order valence-electron chi connectivity index (χ1n) is 9.91. The van der Waals surface area contributed by atoms with Crippen LogP contribution in [0.15, 0.2) is 48.5 Å². The number of carbonyl (C=O) groups is 1. The molecule has 0 bridgehead atoms. The Balaban J connectivity index is 2.15. The van der Waals surface area contributed by atoms with Crippen LogP contribution in [0.25, 0.3) is 0 Å². The van der Waals surface area contributed by atoms with Gasteiger partial charge < -0.3 is 25.2 Å². The summed E-state index contributed by atoms with van der Waals surface area (Å²) in [6, 6.07) is 15.2. The van der Waals surface area contributed by atoms with E-state index in [0.717, 1.165) is 17.5 Å². The van der Waals surface area contributed by atoms with Crippen LogP contribution in [-0.4, -0.2) is 41.3 Å². The average molecular weight is 431 g/mol. The van der Waals surface area contributed by atoms with E-state index in [9.17, 15) is 9.90 Å². The Morgan fingerprint density at radius 2 is 1.87 bits per heavy atom. The lowest BCUT2D eigenvalue weighted by Crippen LogP contribution is -2.40. The molecule has 0 fully saturated rings. The van der Waals surface area contributed by atoms with E-state index >= 15 is 0 Å². The number of ether oxygens (including phenoxy) is 2. The molecule has 0 radical (unpaired) electrons. The summed E-state index contributed by atoms with van der Waals surface area (Å²) in [6.45, 7) is 4.89. The highest BCUT2D eigenvalue weighted by Crippen LogP contribution is 2.27. The van der Waals surface area contributed by atoms with Crippen molar-refractivity contribution in [3.63, 3.8) is 0 Å². The lowest BCUT2D eigenvalue weighted by molar-refractivity contribution is -0.148. The van der Waals surface area contributed by atoms with E-state index in [1.807, 2.05) is 49.1 Å². The smallest absolute Gasteiger partial charge is 0.308 e. The van der Waals surface area contributed by atoms with E-state index in [2.05, 4.69) is 0 Å². The second kappa shape index (κ2) is 11.4. The maximum Gasteiger partial charge on any atom is 0.308 e. The number of hydrogen-bond donors (Lipinski definition) is 2. The molecule has 2 aromatic carbocycles. The SMILES string of the molecule is COc1cc(CN(CC(COC(=O)C(C)C)Cc2ccccc2)C(N)=S)ccc1O. The number of hydrogen-bond acceptors (Lipinski definition) is 5. The van der Waals surface area contributed by atoms with Gasteiger partial charge in [-0.25, -0.2) is 0 Å². The number of nitrogens with two attached hydrogens (primary N) is 1. The summed E-state index contributed by atoms with van der Waals surface area (Å²) in [5, 5.41) is 10.1. The van der Waals surface area contributed by atoms with Crippen LogP contribution in [-0.2, 0) is 22.5 Å². The van der Waals surface area contributed by atoms with Gasteiger partial charge in [0.15, 0.2) is 16.6 Å². The molecule has 0 heterocycles. The number of nitrogens with zero attached hydrogens (tertiary/aromatic N) is 1. The van der Waals surface area contributed by atoms with Crippen molar-refractivity contribution in [2.45, 2.75) is 26.8 Å². The van der Waals surface area contributed by atoms with Crippen molar-refractivity contribution < 1.29 is 19.4 Å². The summed E-state index contributed by atoms with van der Waals surface area (Å²) in [5.41, 5.74) is 8.05. The highest BCUT2D eigenvalue weighted by atomic mass is 32.1. The van der Waals surface area contributed by atoms with Crippen molar-refractivity contribution in [3.05, 3.63) is 59.7 Å². The van der Waals surface area contributed by atoms with Crippen LogP contribution in [0.3, 0.4) is 0 Å². The van der Waals surface area contributed by atoms with E-state index in [-0.39, 0.29) is 35.3 Å². The first-order chi connectivity index (χ1) is 14.3. The Labute approximate surface area is 183 Å². The predicted molar refractivity (Wildman–Crippen MR) is 121 cm³/mol. The van der Waals surface area contributed by atoms with Gasteiger partial charge in [0, 0.05) is 19.0 Å². The normalized spacial score (nSPS) is 11.7. The van der Waals surface area contributed by atoms with Crippen LogP contribution in [0.2, 0.25) is 0 Å². The zero-order chi connectivity index (χ0) is 22.1. The quantitative estimate of drug-likeness (QED) is 0.441. The standard InChI is InChI=1S/C23H30N2O4S/c1-16(2)22(27)29-15-19(11-17-7-5-4-6-8-17)14-25(23(24)30)13-18-9-10-20(26)21(12-18)28-3/h4-10,12,16,19,26H,11,13-15H2,1-3H3,(H2,24,30). The predicted octanol–water partition coefficient (Wildman–Crippen LogP) is 3.50. The lowest BCUT2D eigenvalue weighted by atomic mass is 9.99. The zero-order valence-electron chi connectivity index (χ0n) is 17.7. The summed E-state index contributed by atoms with van der Waals surface area (Å²) in [5.74, 6) is 0.0695. The van der Waals surface area contributed by atoms with Gasteiger partial charge in [-0.3, -0.25) is 4.79 Å². The largest absolute Gasteiger partial charge is 0.504 e. The van der Waals surface area contributed by atoms with E-state index < -0.39 is 0 Å². The molecule has 2 aromatic rings. The first kappa shape index (κ1) is 23.5. The average Bonchev–Trinajstić information content (AvgIpc) is 2.72. The molecule has 0 aliphatic rings. The van der Waals surface area contributed by atoms with Crippen LogP contribution in [0, 0.1) is 11.8 Å². The molecule has 0 aromatic heterocycles. The molecule has 3 N–H and O–H groups in total.